The van der Waals surface area contributed by atoms with Gasteiger partial charge in [0.1, 0.15) is 5.75 Å². The van der Waals surface area contributed by atoms with Crippen LogP contribution in [0, 0.1) is 0 Å². The molecule has 0 radical (unpaired) electrons. The van der Waals surface area contributed by atoms with Crippen LogP contribution in [0.15, 0.2) is 82.6 Å². The van der Waals surface area contributed by atoms with Gasteiger partial charge < -0.3 is 4.74 Å². The van der Waals surface area contributed by atoms with Crippen LogP contribution >= 0.6 is 23.4 Å². The number of thioether (sulfide) groups is 1. The minimum Gasteiger partial charge on any atom is -0.423 e. The van der Waals surface area contributed by atoms with Gasteiger partial charge in [-0.3, -0.25) is 4.79 Å². The predicted molar refractivity (Wildman–Crippen MR) is 107 cm³/mol. The summed E-state index contributed by atoms with van der Waals surface area (Å²) in [6.07, 6.45) is 1.85. The molecule has 0 bridgehead atoms. The van der Waals surface area contributed by atoms with Crippen molar-refractivity contribution in [3.05, 3.63) is 99.4 Å². The molecule has 0 unspecified atom stereocenters. The summed E-state index contributed by atoms with van der Waals surface area (Å²) < 4.78 is 5.36. The van der Waals surface area contributed by atoms with Crippen molar-refractivity contribution < 1.29 is 14.3 Å². The molecule has 3 nitrogen and oxygen atoms in total. The molecule has 1 heterocycles. The second-order valence-corrected chi connectivity index (χ2v) is 7.42. The van der Waals surface area contributed by atoms with Gasteiger partial charge in [0.15, 0.2) is 0 Å². The average Bonchev–Trinajstić information content (AvgIpc) is 3.00. The minimum atomic E-state index is -0.449. The van der Waals surface area contributed by atoms with E-state index in [9.17, 15) is 9.59 Å². The summed E-state index contributed by atoms with van der Waals surface area (Å²) >= 11 is 7.29. The first-order valence-electron chi connectivity index (χ1n) is 8.21. The van der Waals surface area contributed by atoms with Crippen LogP contribution in [0.3, 0.4) is 0 Å². The van der Waals surface area contributed by atoms with Crippen molar-refractivity contribution in [3.63, 3.8) is 0 Å². The first-order valence-corrected chi connectivity index (χ1v) is 9.41. The van der Waals surface area contributed by atoms with Crippen molar-refractivity contribution in [2.75, 3.05) is 0 Å². The van der Waals surface area contributed by atoms with E-state index in [2.05, 4.69) is 0 Å². The summed E-state index contributed by atoms with van der Waals surface area (Å²) in [5, 5.41) is 0.561. The molecule has 3 aromatic carbocycles. The largest absolute Gasteiger partial charge is 0.423 e. The van der Waals surface area contributed by atoms with Crippen molar-refractivity contribution in [1.29, 1.82) is 0 Å². The van der Waals surface area contributed by atoms with Crippen molar-refractivity contribution in [2.24, 2.45) is 0 Å². The van der Waals surface area contributed by atoms with Gasteiger partial charge in [0.25, 0.3) is 0 Å². The van der Waals surface area contributed by atoms with Gasteiger partial charge >= 0.3 is 5.97 Å². The lowest BCUT2D eigenvalue weighted by molar-refractivity contribution is 0.0734. The van der Waals surface area contributed by atoms with Gasteiger partial charge in [-0.05, 0) is 60.2 Å². The Morgan fingerprint density at radius 1 is 0.926 bits per heavy atom. The second-order valence-electron chi connectivity index (χ2n) is 5.90. The molecule has 0 saturated heterocycles. The van der Waals surface area contributed by atoms with Crippen LogP contribution in [-0.4, -0.2) is 11.8 Å². The maximum absolute atomic E-state index is 12.4. The highest BCUT2D eigenvalue weighted by Gasteiger charge is 2.25. The Morgan fingerprint density at radius 3 is 2.33 bits per heavy atom. The molecule has 0 aliphatic carbocycles. The van der Waals surface area contributed by atoms with Crippen LogP contribution in [0.2, 0.25) is 5.02 Å². The summed E-state index contributed by atoms with van der Waals surface area (Å²) in [6.45, 7) is 0. The summed E-state index contributed by atoms with van der Waals surface area (Å²) in [5.74, 6) is 0.0226. The smallest absolute Gasteiger partial charge is 0.343 e. The van der Waals surface area contributed by atoms with E-state index in [4.69, 9.17) is 16.3 Å². The van der Waals surface area contributed by atoms with E-state index in [1.54, 1.807) is 36.4 Å². The lowest BCUT2D eigenvalue weighted by atomic mass is 10.1. The summed E-state index contributed by atoms with van der Waals surface area (Å²) in [4.78, 5) is 26.2. The summed E-state index contributed by atoms with van der Waals surface area (Å²) in [6, 6.07) is 21.1. The molecule has 5 heteroatoms. The number of carbonyl (C=O) groups is 2. The lowest BCUT2D eigenvalue weighted by Gasteiger charge is -2.05. The van der Waals surface area contributed by atoms with Crippen molar-refractivity contribution in [3.8, 4) is 5.75 Å². The number of carbonyl (C=O) groups excluding carboxylic acids is 2. The quantitative estimate of drug-likeness (QED) is 0.316. The Kier molecular flexibility index (Phi) is 4.84. The predicted octanol–water partition coefficient (Wildman–Crippen LogP) is 5.89. The van der Waals surface area contributed by atoms with Crippen LogP contribution < -0.4 is 4.74 Å². The molecular weight excluding hydrogens is 380 g/mol. The molecule has 0 spiro atoms. The van der Waals surface area contributed by atoms with Crippen LogP contribution in [0.5, 0.6) is 5.75 Å². The van der Waals surface area contributed by atoms with E-state index in [1.165, 1.54) is 11.8 Å². The molecular formula is C22H13ClO3S. The second kappa shape index (κ2) is 7.43. The topological polar surface area (TPSA) is 43.4 Å². The number of hydrogen-bond donors (Lipinski definition) is 0. The highest BCUT2D eigenvalue weighted by molar-refractivity contribution is 8.04. The van der Waals surface area contributed by atoms with Gasteiger partial charge in [0.2, 0.25) is 5.78 Å². The third-order valence-corrected chi connectivity index (χ3v) is 5.39. The van der Waals surface area contributed by atoms with E-state index in [0.29, 0.717) is 21.2 Å². The molecule has 4 rings (SSSR count). The Bertz CT molecular complexity index is 1050. The zero-order valence-electron chi connectivity index (χ0n) is 14.0. The third-order valence-electron chi connectivity index (χ3n) is 4.04. The standard InChI is InChI=1S/C22H13ClO3S/c23-16-9-7-15(8-10-16)22(25)26-17-11-5-14(6-12-17)13-20-21(24)18-3-1-2-4-19(18)27-20/h1-13H/b20-13-. The van der Waals surface area contributed by atoms with Crippen LogP contribution in [0.4, 0.5) is 0 Å². The summed E-state index contributed by atoms with van der Waals surface area (Å²) in [7, 11) is 0. The van der Waals surface area contributed by atoms with Crippen LogP contribution in [0.1, 0.15) is 26.3 Å². The lowest BCUT2D eigenvalue weighted by Crippen LogP contribution is -2.08. The number of hydrogen-bond acceptors (Lipinski definition) is 4. The molecule has 3 aromatic rings. The van der Waals surface area contributed by atoms with Crippen LogP contribution in [0.25, 0.3) is 6.08 Å². The molecule has 27 heavy (non-hydrogen) atoms. The molecule has 0 N–H and O–H groups in total. The molecule has 132 valence electrons. The monoisotopic (exact) mass is 392 g/mol. The fourth-order valence-corrected chi connectivity index (χ4v) is 3.85. The normalized spacial score (nSPS) is 14.3. The number of ether oxygens (including phenoxy) is 1. The molecule has 0 saturated carbocycles. The molecule has 1 aliphatic heterocycles. The van der Waals surface area contributed by atoms with Gasteiger partial charge in [0, 0.05) is 15.5 Å². The SMILES string of the molecule is O=C(Oc1ccc(/C=C2\Sc3ccccc3C2=O)cc1)c1ccc(Cl)cc1. The average molecular weight is 393 g/mol. The first kappa shape index (κ1) is 17.6. The van der Waals surface area contributed by atoms with Crippen LogP contribution in [-0.2, 0) is 0 Å². The van der Waals surface area contributed by atoms with E-state index in [1.807, 2.05) is 42.5 Å². The van der Waals surface area contributed by atoms with E-state index >= 15 is 0 Å². The fraction of sp³-hybridized carbons (Fsp3) is 0. The Balaban J connectivity index is 1.47. The van der Waals surface area contributed by atoms with E-state index < -0.39 is 5.97 Å². The maximum atomic E-state index is 12.4. The Labute approximate surface area is 165 Å². The molecule has 0 atom stereocenters. The zero-order valence-corrected chi connectivity index (χ0v) is 15.6. The Morgan fingerprint density at radius 2 is 1.63 bits per heavy atom. The minimum absolute atomic E-state index is 0.0360. The number of fused-ring (bicyclic) bond motifs is 1. The van der Waals surface area contributed by atoms with Gasteiger partial charge in [-0.1, -0.05) is 47.6 Å². The van der Waals surface area contributed by atoms with Gasteiger partial charge in [-0.15, -0.1) is 0 Å². The van der Waals surface area contributed by atoms with E-state index in [0.717, 1.165) is 16.0 Å². The Hall–Kier alpha value is -2.82. The number of halogens is 1. The molecule has 0 amide bonds. The number of rotatable bonds is 3. The number of benzene rings is 3. The highest BCUT2D eigenvalue weighted by Crippen LogP contribution is 2.40. The van der Waals surface area contributed by atoms with Crippen molar-refractivity contribution in [1.82, 2.24) is 0 Å². The van der Waals surface area contributed by atoms with E-state index in [-0.39, 0.29) is 5.78 Å². The first-order chi connectivity index (χ1) is 13.1. The van der Waals surface area contributed by atoms with Gasteiger partial charge in [-0.2, -0.15) is 0 Å². The maximum Gasteiger partial charge on any atom is 0.343 e. The van der Waals surface area contributed by atoms with Crippen molar-refractivity contribution in [2.45, 2.75) is 4.90 Å². The van der Waals surface area contributed by atoms with Crippen molar-refractivity contribution >= 4 is 41.2 Å². The van der Waals surface area contributed by atoms with Gasteiger partial charge in [-0.25, -0.2) is 4.79 Å². The summed E-state index contributed by atoms with van der Waals surface area (Å²) in [5.41, 5.74) is 2.03. The zero-order chi connectivity index (χ0) is 18.8. The molecule has 1 aliphatic rings. The number of esters is 1. The van der Waals surface area contributed by atoms with Gasteiger partial charge in [0.05, 0.1) is 10.5 Å². The number of ketones is 1. The molecule has 0 fully saturated rings. The fourth-order valence-electron chi connectivity index (χ4n) is 2.67. The highest BCUT2D eigenvalue weighted by atomic mass is 35.5. The number of Topliss-reactive ketones (excluding diaryl/α,β-unsaturated/α-hetero) is 1. The third kappa shape index (κ3) is 3.82. The number of allylic oxidation sites excluding steroid dienone is 1. The molecule has 0 aromatic heterocycles.